The minimum atomic E-state index is 0.113. The molecule has 0 N–H and O–H groups in total. The lowest BCUT2D eigenvalue weighted by atomic mass is 10.2. The zero-order valence-corrected chi connectivity index (χ0v) is 17.1. The molecule has 0 aliphatic heterocycles. The average Bonchev–Trinajstić information content (AvgIpc) is 3.48. The molecular formula is C22H25N3O2S. The van der Waals surface area contributed by atoms with Crippen LogP contribution in [0.3, 0.4) is 0 Å². The van der Waals surface area contributed by atoms with Crippen molar-refractivity contribution in [2.45, 2.75) is 32.4 Å². The second-order valence-corrected chi connectivity index (χ2v) is 8.10. The summed E-state index contributed by atoms with van der Waals surface area (Å²) >= 11 is 1.58. The lowest BCUT2D eigenvalue weighted by molar-refractivity contribution is -0.120. The third-order valence-electron chi connectivity index (χ3n) is 5.08. The molecule has 0 unspecified atom stereocenters. The SMILES string of the molecule is CCN(C(=O)CN(Cc1ccc(OC)cc1)C1CC1)c1nc2ccccc2s1. The van der Waals surface area contributed by atoms with Crippen molar-refractivity contribution in [3.63, 3.8) is 0 Å². The molecule has 1 aliphatic carbocycles. The van der Waals surface area contributed by atoms with Gasteiger partial charge in [0, 0.05) is 19.1 Å². The van der Waals surface area contributed by atoms with Gasteiger partial charge in [0.1, 0.15) is 5.75 Å². The van der Waals surface area contributed by atoms with Crippen molar-refractivity contribution in [3.05, 3.63) is 54.1 Å². The number of aromatic nitrogens is 1. The van der Waals surface area contributed by atoms with Gasteiger partial charge in [-0.05, 0) is 49.6 Å². The van der Waals surface area contributed by atoms with Crippen LogP contribution in [0.25, 0.3) is 10.2 Å². The smallest absolute Gasteiger partial charge is 0.242 e. The van der Waals surface area contributed by atoms with Crippen LogP contribution in [0.2, 0.25) is 0 Å². The highest BCUT2D eigenvalue weighted by Crippen LogP contribution is 2.31. The quantitative estimate of drug-likeness (QED) is 0.570. The molecule has 0 radical (unpaired) electrons. The Balaban J connectivity index is 1.48. The molecule has 1 amide bonds. The molecule has 4 rings (SSSR count). The summed E-state index contributed by atoms with van der Waals surface area (Å²) in [6.07, 6.45) is 2.33. The lowest BCUT2D eigenvalue weighted by Gasteiger charge is -2.25. The molecule has 1 heterocycles. The van der Waals surface area contributed by atoms with Gasteiger partial charge < -0.3 is 4.74 Å². The highest BCUT2D eigenvalue weighted by molar-refractivity contribution is 7.22. The first-order chi connectivity index (χ1) is 13.7. The van der Waals surface area contributed by atoms with E-state index in [1.165, 1.54) is 5.56 Å². The van der Waals surface area contributed by atoms with Gasteiger partial charge in [-0.15, -0.1) is 0 Å². The zero-order chi connectivity index (χ0) is 19.5. The number of carbonyl (C=O) groups is 1. The van der Waals surface area contributed by atoms with Gasteiger partial charge >= 0.3 is 0 Å². The minimum Gasteiger partial charge on any atom is -0.497 e. The van der Waals surface area contributed by atoms with Crippen molar-refractivity contribution in [2.24, 2.45) is 0 Å². The van der Waals surface area contributed by atoms with E-state index in [-0.39, 0.29) is 5.91 Å². The second kappa shape index (κ2) is 8.29. The number of hydrogen-bond donors (Lipinski definition) is 0. The Morgan fingerprint density at radius 3 is 2.57 bits per heavy atom. The fourth-order valence-corrected chi connectivity index (χ4v) is 4.42. The first kappa shape index (κ1) is 18.9. The highest BCUT2D eigenvalue weighted by Gasteiger charge is 2.32. The van der Waals surface area contributed by atoms with Crippen molar-refractivity contribution in [3.8, 4) is 5.75 Å². The Bertz CT molecular complexity index is 917. The summed E-state index contributed by atoms with van der Waals surface area (Å²) in [5.41, 5.74) is 2.15. The van der Waals surface area contributed by atoms with Gasteiger partial charge in [0.05, 0.1) is 23.9 Å². The van der Waals surface area contributed by atoms with Gasteiger partial charge in [-0.1, -0.05) is 35.6 Å². The number of benzene rings is 2. The number of carbonyl (C=O) groups excluding carboxylic acids is 1. The standard InChI is InChI=1S/C22H25N3O2S/c1-3-25(22-23-19-6-4-5-7-20(19)28-22)21(26)15-24(17-10-11-17)14-16-8-12-18(27-2)13-9-16/h4-9,12-13,17H,3,10-11,14-15H2,1-2H3. The van der Waals surface area contributed by atoms with E-state index in [1.54, 1.807) is 18.4 Å². The number of likely N-dealkylation sites (N-methyl/N-ethyl adjacent to an activating group) is 1. The molecular weight excluding hydrogens is 370 g/mol. The number of fused-ring (bicyclic) bond motifs is 1. The molecule has 6 heteroatoms. The second-order valence-electron chi connectivity index (χ2n) is 7.09. The maximum atomic E-state index is 13.1. The van der Waals surface area contributed by atoms with E-state index < -0.39 is 0 Å². The highest BCUT2D eigenvalue weighted by atomic mass is 32.1. The van der Waals surface area contributed by atoms with Crippen molar-refractivity contribution in [1.29, 1.82) is 0 Å². The Labute approximate surface area is 169 Å². The summed E-state index contributed by atoms with van der Waals surface area (Å²) in [5, 5.41) is 0.786. The van der Waals surface area contributed by atoms with E-state index in [0.717, 1.165) is 40.5 Å². The van der Waals surface area contributed by atoms with E-state index in [4.69, 9.17) is 4.74 Å². The number of methoxy groups -OCH3 is 1. The molecule has 1 fully saturated rings. The summed E-state index contributed by atoms with van der Waals surface area (Å²) in [4.78, 5) is 21.9. The number of amides is 1. The lowest BCUT2D eigenvalue weighted by Crippen LogP contribution is -2.41. The molecule has 0 saturated heterocycles. The van der Waals surface area contributed by atoms with E-state index in [1.807, 2.05) is 42.2 Å². The number of hydrogen-bond acceptors (Lipinski definition) is 5. The monoisotopic (exact) mass is 395 g/mol. The Kier molecular flexibility index (Phi) is 5.59. The molecule has 1 aliphatic rings. The molecule has 146 valence electrons. The summed E-state index contributed by atoms with van der Waals surface area (Å²) in [6, 6.07) is 16.6. The minimum absolute atomic E-state index is 0.113. The van der Waals surface area contributed by atoms with Gasteiger partial charge in [0.15, 0.2) is 5.13 Å². The summed E-state index contributed by atoms with van der Waals surface area (Å²) < 4.78 is 6.35. The Hall–Kier alpha value is -2.44. The van der Waals surface area contributed by atoms with Crippen LogP contribution >= 0.6 is 11.3 Å². The van der Waals surface area contributed by atoms with Crippen molar-refractivity contribution in [2.75, 3.05) is 25.1 Å². The van der Waals surface area contributed by atoms with Crippen LogP contribution < -0.4 is 9.64 Å². The van der Waals surface area contributed by atoms with Crippen molar-refractivity contribution >= 4 is 32.6 Å². The molecule has 28 heavy (non-hydrogen) atoms. The van der Waals surface area contributed by atoms with Crippen molar-refractivity contribution in [1.82, 2.24) is 9.88 Å². The number of anilines is 1. The molecule has 5 nitrogen and oxygen atoms in total. The van der Waals surface area contributed by atoms with Crippen molar-refractivity contribution < 1.29 is 9.53 Å². The van der Waals surface area contributed by atoms with E-state index in [2.05, 4.69) is 28.1 Å². The fraction of sp³-hybridized carbons (Fsp3) is 0.364. The predicted octanol–water partition coefficient (Wildman–Crippen LogP) is 4.32. The fourth-order valence-electron chi connectivity index (χ4n) is 3.37. The molecule has 1 saturated carbocycles. The number of thiazole rings is 1. The summed E-state index contributed by atoms with van der Waals surface area (Å²) in [6.45, 7) is 3.83. The van der Waals surface area contributed by atoms with Crippen LogP contribution in [0.15, 0.2) is 48.5 Å². The first-order valence-electron chi connectivity index (χ1n) is 9.71. The van der Waals surface area contributed by atoms with Crippen LogP contribution in [-0.2, 0) is 11.3 Å². The molecule has 0 bridgehead atoms. The molecule has 0 spiro atoms. The summed E-state index contributed by atoms with van der Waals surface area (Å²) in [7, 11) is 1.67. The maximum absolute atomic E-state index is 13.1. The van der Waals surface area contributed by atoms with Crippen LogP contribution in [0.1, 0.15) is 25.3 Å². The van der Waals surface area contributed by atoms with Gasteiger partial charge in [-0.2, -0.15) is 0 Å². The first-order valence-corrected chi connectivity index (χ1v) is 10.5. The maximum Gasteiger partial charge on any atom is 0.242 e. The molecule has 2 aromatic carbocycles. The molecule has 1 aromatic heterocycles. The topological polar surface area (TPSA) is 45.7 Å². The number of rotatable bonds is 8. The third-order valence-corrected chi connectivity index (χ3v) is 6.14. The van der Waals surface area contributed by atoms with E-state index in [9.17, 15) is 4.79 Å². The number of ether oxygens (including phenoxy) is 1. The van der Waals surface area contributed by atoms with Crippen LogP contribution in [0.5, 0.6) is 5.75 Å². The average molecular weight is 396 g/mol. The van der Waals surface area contributed by atoms with Crippen LogP contribution in [0.4, 0.5) is 5.13 Å². The molecule has 3 aromatic rings. The number of para-hydroxylation sites is 1. The van der Waals surface area contributed by atoms with Gasteiger partial charge in [-0.3, -0.25) is 14.6 Å². The Morgan fingerprint density at radius 2 is 1.93 bits per heavy atom. The predicted molar refractivity (Wildman–Crippen MR) is 114 cm³/mol. The summed E-state index contributed by atoms with van der Waals surface area (Å²) in [5.74, 6) is 0.966. The third kappa shape index (κ3) is 4.18. The number of nitrogens with zero attached hydrogens (tertiary/aromatic N) is 3. The van der Waals surface area contributed by atoms with Crippen LogP contribution in [-0.4, -0.2) is 42.0 Å². The zero-order valence-electron chi connectivity index (χ0n) is 16.3. The van der Waals surface area contributed by atoms with E-state index >= 15 is 0 Å². The van der Waals surface area contributed by atoms with Gasteiger partial charge in [0.2, 0.25) is 5.91 Å². The largest absolute Gasteiger partial charge is 0.497 e. The van der Waals surface area contributed by atoms with Crippen LogP contribution in [0, 0.1) is 0 Å². The van der Waals surface area contributed by atoms with Gasteiger partial charge in [0.25, 0.3) is 0 Å². The van der Waals surface area contributed by atoms with Gasteiger partial charge in [-0.25, -0.2) is 4.98 Å². The Morgan fingerprint density at radius 1 is 1.18 bits per heavy atom. The van der Waals surface area contributed by atoms with E-state index in [0.29, 0.717) is 19.1 Å². The molecule has 0 atom stereocenters. The normalized spacial score (nSPS) is 13.8.